The van der Waals surface area contributed by atoms with Gasteiger partial charge in [-0.15, -0.1) is 0 Å². The molecule has 11 heteroatoms. The molecule has 1 amide bonds. The highest BCUT2D eigenvalue weighted by atomic mass is 19.1. The number of benzene rings is 1. The molecule has 0 spiro atoms. The van der Waals surface area contributed by atoms with Crippen LogP contribution in [0.1, 0.15) is 61.6 Å². The number of nitrogens with one attached hydrogen (secondary N) is 1. The van der Waals surface area contributed by atoms with Gasteiger partial charge in [0, 0.05) is 82.0 Å². The summed E-state index contributed by atoms with van der Waals surface area (Å²) in [5.41, 5.74) is 2.56. The fourth-order valence-electron chi connectivity index (χ4n) is 6.73. The number of carbonyl (C=O) groups is 1. The molecule has 0 radical (unpaired) electrons. The molecule has 3 aliphatic heterocycles. The predicted molar refractivity (Wildman–Crippen MR) is 170 cm³/mol. The Labute approximate surface area is 265 Å². The van der Waals surface area contributed by atoms with Crippen LogP contribution >= 0.6 is 0 Å². The van der Waals surface area contributed by atoms with Crippen molar-refractivity contribution in [1.82, 2.24) is 30.1 Å². The van der Waals surface area contributed by atoms with Crippen molar-refractivity contribution in [3.05, 3.63) is 65.6 Å². The van der Waals surface area contributed by atoms with E-state index in [1.54, 1.807) is 11.1 Å². The molecule has 1 atom stereocenters. The monoisotopic (exact) mass is 617 g/mol. The van der Waals surface area contributed by atoms with E-state index in [-0.39, 0.29) is 29.4 Å². The zero-order valence-corrected chi connectivity index (χ0v) is 26.5. The molecule has 3 aliphatic rings. The molecule has 0 saturated carbocycles. The normalized spacial score (nSPS) is 19.0. The first-order chi connectivity index (χ1) is 21.9. The molecule has 2 fully saturated rings. The molecule has 1 aromatic carbocycles. The lowest BCUT2D eigenvalue weighted by molar-refractivity contribution is 0.0713. The number of aromatic nitrogens is 3. The summed E-state index contributed by atoms with van der Waals surface area (Å²) in [7, 11) is 0. The van der Waals surface area contributed by atoms with E-state index in [4.69, 9.17) is 9.47 Å². The Bertz CT molecular complexity index is 1470. The largest absolute Gasteiger partial charge is 0.490 e. The quantitative estimate of drug-likeness (QED) is 0.348. The van der Waals surface area contributed by atoms with Crippen LogP contribution in [0.3, 0.4) is 0 Å². The van der Waals surface area contributed by atoms with Crippen LogP contribution in [0.25, 0.3) is 0 Å². The van der Waals surface area contributed by atoms with Gasteiger partial charge in [0.05, 0.1) is 11.8 Å². The van der Waals surface area contributed by atoms with Crippen LogP contribution in [0, 0.1) is 11.7 Å². The topological polar surface area (TPSA) is 96.0 Å². The summed E-state index contributed by atoms with van der Waals surface area (Å²) in [6.45, 7) is 13.0. The average molecular weight is 618 g/mol. The Balaban J connectivity index is 1.12. The third-order valence-corrected chi connectivity index (χ3v) is 9.14. The number of halogens is 1. The van der Waals surface area contributed by atoms with Crippen LogP contribution in [-0.2, 0) is 13.0 Å². The van der Waals surface area contributed by atoms with Gasteiger partial charge >= 0.3 is 0 Å². The third-order valence-electron chi connectivity index (χ3n) is 9.14. The number of anilines is 1. The van der Waals surface area contributed by atoms with E-state index in [1.807, 2.05) is 33.0 Å². The first kappa shape index (κ1) is 31.2. The van der Waals surface area contributed by atoms with Crippen molar-refractivity contribution in [3.63, 3.8) is 0 Å². The minimum Gasteiger partial charge on any atom is -0.490 e. The SMILES string of the molecule is CCN(C(=O)c1cc(F)ccc1Oc1cncnc1N1CCC(Oc2ccnc3c2CN(C[C@H]2CCNC2)CC3)CC1)C(C)C. The van der Waals surface area contributed by atoms with Crippen molar-refractivity contribution in [2.24, 2.45) is 5.92 Å². The summed E-state index contributed by atoms with van der Waals surface area (Å²) in [6.07, 6.45) is 8.88. The maximum Gasteiger partial charge on any atom is 0.257 e. The van der Waals surface area contributed by atoms with Gasteiger partial charge in [-0.1, -0.05) is 0 Å². The highest BCUT2D eigenvalue weighted by Gasteiger charge is 2.29. The number of hydrogen-bond acceptors (Lipinski definition) is 9. The highest BCUT2D eigenvalue weighted by Crippen LogP contribution is 2.35. The van der Waals surface area contributed by atoms with Crippen LogP contribution in [0.4, 0.5) is 10.2 Å². The maximum atomic E-state index is 14.3. The Morgan fingerprint density at radius 1 is 1.11 bits per heavy atom. The number of piperidine rings is 1. The van der Waals surface area contributed by atoms with Crippen LogP contribution in [0.15, 0.2) is 43.0 Å². The number of carbonyl (C=O) groups excluding carboxylic acids is 1. The van der Waals surface area contributed by atoms with Gasteiger partial charge in [-0.2, -0.15) is 0 Å². The molecule has 1 N–H and O–H groups in total. The zero-order valence-electron chi connectivity index (χ0n) is 26.5. The molecule has 0 bridgehead atoms. The molecule has 6 rings (SSSR count). The second-order valence-electron chi connectivity index (χ2n) is 12.5. The standard InChI is InChI=1S/C34H44FN7O3/c1-4-42(23(2)3)34(43)27-17-25(35)5-6-30(27)45-32-19-37-22-39-33(32)41-15-9-26(10-16-41)44-31-8-13-38-29-11-14-40(21-28(29)31)20-24-7-12-36-18-24/h5-6,8,13,17,19,22-24,26,36H,4,7,9-12,14-16,18,20-21H2,1-3H3/t24-/m0/s1. The van der Waals surface area contributed by atoms with Gasteiger partial charge in [0.1, 0.15) is 29.7 Å². The number of ether oxygens (including phenoxy) is 2. The number of pyridine rings is 1. The van der Waals surface area contributed by atoms with Crippen molar-refractivity contribution >= 4 is 11.7 Å². The van der Waals surface area contributed by atoms with Crippen molar-refractivity contribution in [2.75, 3.05) is 50.7 Å². The van der Waals surface area contributed by atoms with E-state index >= 15 is 0 Å². The molecule has 3 aromatic rings. The number of amides is 1. The lowest BCUT2D eigenvalue weighted by Gasteiger charge is -2.35. The number of hydrogen-bond donors (Lipinski definition) is 1. The summed E-state index contributed by atoms with van der Waals surface area (Å²) in [6, 6.07) is 6.01. The van der Waals surface area contributed by atoms with Gasteiger partial charge < -0.3 is 24.6 Å². The smallest absolute Gasteiger partial charge is 0.257 e. The average Bonchev–Trinajstić information content (AvgIpc) is 3.56. The summed E-state index contributed by atoms with van der Waals surface area (Å²) >= 11 is 0. The third kappa shape index (κ3) is 7.20. The lowest BCUT2D eigenvalue weighted by atomic mass is 10.0. The fraction of sp³-hybridized carbons (Fsp3) is 0.529. The molecule has 0 unspecified atom stereocenters. The summed E-state index contributed by atoms with van der Waals surface area (Å²) in [5, 5.41) is 3.48. The fourth-order valence-corrected chi connectivity index (χ4v) is 6.73. The molecule has 10 nitrogen and oxygen atoms in total. The first-order valence-corrected chi connectivity index (χ1v) is 16.3. The zero-order chi connectivity index (χ0) is 31.3. The van der Waals surface area contributed by atoms with Gasteiger partial charge in [-0.05, 0) is 70.5 Å². The van der Waals surface area contributed by atoms with E-state index in [2.05, 4.69) is 30.1 Å². The number of nitrogens with zero attached hydrogens (tertiary/aromatic N) is 6. The highest BCUT2D eigenvalue weighted by molar-refractivity contribution is 5.97. The van der Waals surface area contributed by atoms with Crippen LogP contribution in [0.5, 0.6) is 17.2 Å². The van der Waals surface area contributed by atoms with E-state index in [0.29, 0.717) is 24.0 Å². The van der Waals surface area contributed by atoms with Gasteiger partial charge in [0.25, 0.3) is 5.91 Å². The Morgan fingerprint density at radius 3 is 2.71 bits per heavy atom. The van der Waals surface area contributed by atoms with Gasteiger partial charge in [-0.3, -0.25) is 14.7 Å². The van der Waals surface area contributed by atoms with Gasteiger partial charge in [0.2, 0.25) is 0 Å². The Hall–Kier alpha value is -3.83. The summed E-state index contributed by atoms with van der Waals surface area (Å²) in [4.78, 5) is 33.2. The van der Waals surface area contributed by atoms with Crippen molar-refractivity contribution in [2.45, 2.75) is 65.1 Å². The molecule has 2 saturated heterocycles. The van der Waals surface area contributed by atoms with E-state index in [0.717, 1.165) is 76.5 Å². The van der Waals surface area contributed by atoms with Gasteiger partial charge in [-0.25, -0.2) is 14.4 Å². The maximum absolute atomic E-state index is 14.3. The molecule has 45 heavy (non-hydrogen) atoms. The summed E-state index contributed by atoms with van der Waals surface area (Å²) in [5.74, 6) is 2.23. The van der Waals surface area contributed by atoms with Crippen molar-refractivity contribution in [3.8, 4) is 17.2 Å². The van der Waals surface area contributed by atoms with E-state index in [9.17, 15) is 9.18 Å². The molecule has 2 aromatic heterocycles. The molecule has 240 valence electrons. The molecule has 0 aliphatic carbocycles. The lowest BCUT2D eigenvalue weighted by Crippen LogP contribution is -2.39. The second-order valence-corrected chi connectivity index (χ2v) is 12.5. The van der Waals surface area contributed by atoms with Crippen molar-refractivity contribution in [1.29, 1.82) is 0 Å². The molecular formula is C34H44FN7O3. The minimum atomic E-state index is -0.494. The number of rotatable bonds is 10. The van der Waals surface area contributed by atoms with E-state index < -0.39 is 5.82 Å². The summed E-state index contributed by atoms with van der Waals surface area (Å²) < 4.78 is 27.2. The molecule has 5 heterocycles. The van der Waals surface area contributed by atoms with Gasteiger partial charge in [0.15, 0.2) is 11.6 Å². The Kier molecular flexibility index (Phi) is 9.75. The predicted octanol–water partition coefficient (Wildman–Crippen LogP) is 4.69. The minimum absolute atomic E-state index is 0.0381. The van der Waals surface area contributed by atoms with E-state index in [1.165, 1.54) is 36.5 Å². The molecular weight excluding hydrogens is 573 g/mol. The number of fused-ring (bicyclic) bond motifs is 1. The first-order valence-electron chi connectivity index (χ1n) is 16.3. The Morgan fingerprint density at radius 2 is 1.96 bits per heavy atom. The van der Waals surface area contributed by atoms with Crippen molar-refractivity contribution < 1.29 is 18.7 Å². The second kappa shape index (κ2) is 14.1. The van der Waals surface area contributed by atoms with Crippen LogP contribution < -0.4 is 19.7 Å². The van der Waals surface area contributed by atoms with Crippen LogP contribution in [0.2, 0.25) is 0 Å². The van der Waals surface area contributed by atoms with Crippen LogP contribution in [-0.4, -0.2) is 88.6 Å².